The predicted molar refractivity (Wildman–Crippen MR) is 99.2 cm³/mol. The molecule has 4 rings (SSSR count). The van der Waals surface area contributed by atoms with Crippen molar-refractivity contribution in [2.75, 3.05) is 36.5 Å². The molecule has 1 amide bonds. The molecule has 1 aliphatic rings. The van der Waals surface area contributed by atoms with Gasteiger partial charge in [-0.2, -0.15) is 0 Å². The number of fused-ring (bicyclic) bond motifs is 1. The largest absolute Gasteiger partial charge is 0.378 e. The number of morpholine rings is 1. The number of nitrogens with zero attached hydrogens (tertiary/aromatic N) is 2. The lowest BCUT2D eigenvalue weighted by Gasteiger charge is -2.28. The van der Waals surface area contributed by atoms with Gasteiger partial charge in [0.05, 0.1) is 30.6 Å². The molecule has 1 aliphatic heterocycles. The zero-order valence-electron chi connectivity index (χ0n) is 13.8. The Morgan fingerprint density at radius 3 is 2.60 bits per heavy atom. The van der Waals surface area contributed by atoms with Crippen LogP contribution in [0.4, 0.5) is 11.4 Å². The van der Waals surface area contributed by atoms with Gasteiger partial charge in [-0.05, 0) is 36.4 Å². The Morgan fingerprint density at radius 1 is 1.04 bits per heavy atom. The van der Waals surface area contributed by atoms with Gasteiger partial charge in [-0.25, -0.2) is 0 Å². The zero-order chi connectivity index (χ0) is 17.1. The van der Waals surface area contributed by atoms with E-state index in [0.29, 0.717) is 11.3 Å². The van der Waals surface area contributed by atoms with Gasteiger partial charge in [-0.1, -0.05) is 18.2 Å². The smallest absolute Gasteiger partial charge is 0.255 e. The molecule has 1 fully saturated rings. The Hall–Kier alpha value is -2.92. The number of amides is 1. The van der Waals surface area contributed by atoms with Crippen LogP contribution in [-0.2, 0) is 4.74 Å². The van der Waals surface area contributed by atoms with Crippen LogP contribution in [0.15, 0.2) is 60.8 Å². The van der Waals surface area contributed by atoms with Crippen molar-refractivity contribution in [1.82, 2.24) is 4.98 Å². The SMILES string of the molecule is O=C(Nc1cnc2ccccc2c1)c1ccc(N2CCOCC2)cc1. The second-order valence-electron chi connectivity index (χ2n) is 6.02. The summed E-state index contributed by atoms with van der Waals surface area (Å²) in [7, 11) is 0. The van der Waals surface area contributed by atoms with Gasteiger partial charge < -0.3 is 15.0 Å². The van der Waals surface area contributed by atoms with Crippen LogP contribution in [0.5, 0.6) is 0 Å². The summed E-state index contributed by atoms with van der Waals surface area (Å²) in [6.45, 7) is 3.26. The van der Waals surface area contributed by atoms with Gasteiger partial charge in [0.1, 0.15) is 0 Å². The number of hydrogen-bond acceptors (Lipinski definition) is 4. The topological polar surface area (TPSA) is 54.5 Å². The molecule has 3 aromatic rings. The van der Waals surface area contributed by atoms with Crippen LogP contribution in [0, 0.1) is 0 Å². The average Bonchev–Trinajstić information content (AvgIpc) is 2.69. The van der Waals surface area contributed by atoms with E-state index < -0.39 is 0 Å². The lowest BCUT2D eigenvalue weighted by Crippen LogP contribution is -2.36. The first-order valence-corrected chi connectivity index (χ1v) is 8.38. The fourth-order valence-electron chi connectivity index (χ4n) is 2.99. The minimum atomic E-state index is -0.134. The summed E-state index contributed by atoms with van der Waals surface area (Å²) in [6.07, 6.45) is 1.68. The molecule has 0 spiro atoms. The van der Waals surface area contributed by atoms with Crippen LogP contribution in [-0.4, -0.2) is 37.2 Å². The molecule has 1 N–H and O–H groups in total. The van der Waals surface area contributed by atoms with Gasteiger partial charge in [0.2, 0.25) is 0 Å². The molecule has 0 saturated carbocycles. The van der Waals surface area contributed by atoms with E-state index in [1.807, 2.05) is 54.6 Å². The van der Waals surface area contributed by atoms with E-state index in [9.17, 15) is 4.79 Å². The third kappa shape index (κ3) is 3.46. The van der Waals surface area contributed by atoms with Gasteiger partial charge in [0.15, 0.2) is 0 Å². The minimum absolute atomic E-state index is 0.134. The second kappa shape index (κ2) is 6.91. The number of carbonyl (C=O) groups is 1. The van der Waals surface area contributed by atoms with Crippen molar-refractivity contribution >= 4 is 28.2 Å². The lowest BCUT2D eigenvalue weighted by atomic mass is 10.1. The summed E-state index contributed by atoms with van der Waals surface area (Å²) in [5.74, 6) is -0.134. The molecule has 2 aromatic carbocycles. The monoisotopic (exact) mass is 333 g/mol. The predicted octanol–water partition coefficient (Wildman–Crippen LogP) is 3.32. The third-order valence-electron chi connectivity index (χ3n) is 4.35. The van der Waals surface area contributed by atoms with Crippen LogP contribution in [0.25, 0.3) is 10.9 Å². The van der Waals surface area contributed by atoms with Crippen molar-refractivity contribution in [3.8, 4) is 0 Å². The minimum Gasteiger partial charge on any atom is -0.378 e. The quantitative estimate of drug-likeness (QED) is 0.799. The van der Waals surface area contributed by atoms with E-state index in [0.717, 1.165) is 42.9 Å². The standard InChI is InChI=1S/C20H19N3O2/c24-20(22-17-13-16-3-1-2-4-19(16)21-14-17)15-5-7-18(8-6-15)23-9-11-25-12-10-23/h1-8,13-14H,9-12H2,(H,22,24). The van der Waals surface area contributed by atoms with E-state index in [1.54, 1.807) is 6.20 Å². The molecule has 5 heteroatoms. The Morgan fingerprint density at radius 2 is 1.80 bits per heavy atom. The molecule has 126 valence electrons. The highest BCUT2D eigenvalue weighted by Gasteiger charge is 2.12. The molecule has 1 saturated heterocycles. The molecule has 0 unspecified atom stereocenters. The molecule has 0 radical (unpaired) electrons. The summed E-state index contributed by atoms with van der Waals surface area (Å²) in [6, 6.07) is 17.5. The van der Waals surface area contributed by atoms with Crippen LogP contribution < -0.4 is 10.2 Å². The van der Waals surface area contributed by atoms with Gasteiger partial charge in [-0.15, -0.1) is 0 Å². The highest BCUT2D eigenvalue weighted by atomic mass is 16.5. The van der Waals surface area contributed by atoms with Crippen LogP contribution in [0.3, 0.4) is 0 Å². The van der Waals surface area contributed by atoms with E-state index in [2.05, 4.69) is 15.2 Å². The van der Waals surface area contributed by atoms with Crippen molar-refractivity contribution in [2.45, 2.75) is 0 Å². The molecule has 0 aliphatic carbocycles. The number of nitrogens with one attached hydrogen (secondary N) is 1. The van der Waals surface area contributed by atoms with Crippen molar-refractivity contribution in [3.63, 3.8) is 0 Å². The van der Waals surface area contributed by atoms with E-state index >= 15 is 0 Å². The van der Waals surface area contributed by atoms with E-state index in [1.165, 1.54) is 0 Å². The molecular formula is C20H19N3O2. The highest BCUT2D eigenvalue weighted by Crippen LogP contribution is 2.19. The summed E-state index contributed by atoms with van der Waals surface area (Å²) >= 11 is 0. The number of rotatable bonds is 3. The number of pyridine rings is 1. The summed E-state index contributed by atoms with van der Waals surface area (Å²) in [4.78, 5) is 19.1. The fraction of sp³-hybridized carbons (Fsp3) is 0.200. The Bertz CT molecular complexity index is 887. The Labute approximate surface area is 146 Å². The van der Waals surface area contributed by atoms with Crippen molar-refractivity contribution in [2.24, 2.45) is 0 Å². The zero-order valence-corrected chi connectivity index (χ0v) is 13.8. The van der Waals surface area contributed by atoms with E-state index in [4.69, 9.17) is 4.74 Å². The molecular weight excluding hydrogens is 314 g/mol. The Kier molecular flexibility index (Phi) is 4.31. The first-order chi connectivity index (χ1) is 12.3. The van der Waals surface area contributed by atoms with Gasteiger partial charge in [0, 0.05) is 29.7 Å². The van der Waals surface area contributed by atoms with Crippen molar-refractivity contribution in [3.05, 3.63) is 66.4 Å². The summed E-state index contributed by atoms with van der Waals surface area (Å²) in [5, 5.41) is 3.92. The lowest BCUT2D eigenvalue weighted by molar-refractivity contribution is 0.102. The number of benzene rings is 2. The van der Waals surface area contributed by atoms with E-state index in [-0.39, 0.29) is 5.91 Å². The molecule has 5 nitrogen and oxygen atoms in total. The number of para-hydroxylation sites is 1. The maximum Gasteiger partial charge on any atom is 0.255 e. The molecule has 0 atom stereocenters. The normalized spacial score (nSPS) is 14.5. The van der Waals surface area contributed by atoms with Crippen molar-refractivity contribution in [1.29, 1.82) is 0 Å². The fourth-order valence-corrected chi connectivity index (χ4v) is 2.99. The van der Waals surface area contributed by atoms with Gasteiger partial charge in [-0.3, -0.25) is 9.78 Å². The maximum absolute atomic E-state index is 12.5. The van der Waals surface area contributed by atoms with Gasteiger partial charge >= 0.3 is 0 Å². The highest BCUT2D eigenvalue weighted by molar-refractivity contribution is 6.05. The number of aromatic nitrogens is 1. The molecule has 25 heavy (non-hydrogen) atoms. The summed E-state index contributed by atoms with van der Waals surface area (Å²) in [5.41, 5.74) is 3.36. The maximum atomic E-state index is 12.5. The number of ether oxygens (including phenoxy) is 1. The third-order valence-corrected chi connectivity index (χ3v) is 4.35. The van der Waals surface area contributed by atoms with Crippen LogP contribution in [0.1, 0.15) is 10.4 Å². The van der Waals surface area contributed by atoms with Crippen LogP contribution in [0.2, 0.25) is 0 Å². The first-order valence-electron chi connectivity index (χ1n) is 8.38. The summed E-state index contributed by atoms with van der Waals surface area (Å²) < 4.78 is 5.37. The number of carbonyl (C=O) groups excluding carboxylic acids is 1. The number of anilines is 2. The van der Waals surface area contributed by atoms with Crippen LogP contribution >= 0.6 is 0 Å². The first kappa shape index (κ1) is 15.6. The molecule has 0 bridgehead atoms. The van der Waals surface area contributed by atoms with Crippen molar-refractivity contribution < 1.29 is 9.53 Å². The number of hydrogen-bond donors (Lipinski definition) is 1. The molecule has 1 aromatic heterocycles. The van der Waals surface area contributed by atoms with Gasteiger partial charge in [0.25, 0.3) is 5.91 Å². The Balaban J connectivity index is 1.48. The average molecular weight is 333 g/mol. The second-order valence-corrected chi connectivity index (χ2v) is 6.02. The molecule has 2 heterocycles.